The van der Waals surface area contributed by atoms with Gasteiger partial charge in [-0.3, -0.25) is 0 Å². The summed E-state index contributed by atoms with van der Waals surface area (Å²) in [7, 11) is 1.72. The number of benzene rings is 1. The van der Waals surface area contributed by atoms with E-state index in [0.29, 0.717) is 5.88 Å². The van der Waals surface area contributed by atoms with Crippen molar-refractivity contribution in [1.29, 1.82) is 0 Å². The highest BCUT2D eigenvalue weighted by atomic mass is 35.5. The van der Waals surface area contributed by atoms with Crippen molar-refractivity contribution in [2.45, 2.75) is 32.4 Å². The molecule has 17 heavy (non-hydrogen) atoms. The largest absolute Gasteiger partial charge is 0.380 e. The Balaban J connectivity index is 2.55. The van der Waals surface area contributed by atoms with E-state index in [0.717, 1.165) is 23.4 Å². The van der Waals surface area contributed by atoms with Gasteiger partial charge in [-0.15, -0.1) is 11.6 Å². The van der Waals surface area contributed by atoms with Crippen molar-refractivity contribution in [1.82, 2.24) is 9.55 Å². The molecule has 1 aromatic carbocycles. The third kappa shape index (κ3) is 2.31. The molecule has 0 radical (unpaired) electrons. The molecule has 0 N–H and O–H groups in total. The maximum absolute atomic E-state index is 5.96. The maximum atomic E-state index is 5.96. The second-order valence-electron chi connectivity index (χ2n) is 4.26. The number of rotatable bonds is 4. The molecule has 92 valence electrons. The van der Waals surface area contributed by atoms with Crippen molar-refractivity contribution in [2.24, 2.45) is 0 Å². The molecule has 0 saturated heterocycles. The number of nitrogens with zero attached hydrogens (tertiary/aromatic N) is 2. The van der Waals surface area contributed by atoms with Crippen molar-refractivity contribution >= 4 is 22.6 Å². The highest BCUT2D eigenvalue weighted by Crippen LogP contribution is 2.21. The summed E-state index contributed by atoms with van der Waals surface area (Å²) in [6, 6.07) is 6.19. The highest BCUT2D eigenvalue weighted by Gasteiger charge is 2.13. The molecule has 0 aliphatic rings. The van der Waals surface area contributed by atoms with Crippen LogP contribution in [0.5, 0.6) is 0 Å². The first-order valence-corrected chi connectivity index (χ1v) is 6.24. The molecule has 2 aromatic rings. The summed E-state index contributed by atoms with van der Waals surface area (Å²) in [6.07, 6.45) is 0.148. The van der Waals surface area contributed by atoms with E-state index in [9.17, 15) is 0 Å². The molecule has 0 spiro atoms. The number of aryl methyl sites for hydroxylation is 1. The summed E-state index contributed by atoms with van der Waals surface area (Å²) < 4.78 is 7.45. The van der Waals surface area contributed by atoms with Gasteiger partial charge in [-0.2, -0.15) is 0 Å². The van der Waals surface area contributed by atoms with Gasteiger partial charge in [0.05, 0.1) is 29.6 Å². The Morgan fingerprint density at radius 3 is 2.88 bits per heavy atom. The number of hydrogen-bond acceptors (Lipinski definition) is 2. The summed E-state index contributed by atoms with van der Waals surface area (Å²) in [5, 5.41) is 0. The number of methoxy groups -OCH3 is 1. The van der Waals surface area contributed by atoms with Crippen molar-refractivity contribution < 1.29 is 4.74 Å². The van der Waals surface area contributed by atoms with Gasteiger partial charge in [-0.05, 0) is 25.5 Å². The maximum Gasteiger partial charge on any atom is 0.124 e. The predicted octanol–water partition coefficient (Wildman–Crippen LogP) is 3.12. The molecule has 3 nitrogen and oxygen atoms in total. The van der Waals surface area contributed by atoms with E-state index in [1.165, 1.54) is 5.56 Å². The predicted molar refractivity (Wildman–Crippen MR) is 70.5 cm³/mol. The SMILES string of the molecule is COC(C)Cn1c(CCl)nc2c(C)cccc21. The molecule has 0 amide bonds. The molecule has 4 heteroatoms. The minimum atomic E-state index is 0.148. The van der Waals surface area contributed by atoms with Gasteiger partial charge in [-0.25, -0.2) is 4.98 Å². The molecule has 0 aliphatic carbocycles. The van der Waals surface area contributed by atoms with Crippen LogP contribution < -0.4 is 0 Å². The minimum absolute atomic E-state index is 0.148. The molecule has 1 atom stereocenters. The Kier molecular flexibility index (Phi) is 3.69. The first-order valence-electron chi connectivity index (χ1n) is 5.71. The number of fused-ring (bicyclic) bond motifs is 1. The molecular weight excluding hydrogens is 236 g/mol. The summed E-state index contributed by atoms with van der Waals surface area (Å²) in [6.45, 7) is 4.88. The van der Waals surface area contributed by atoms with Crippen molar-refractivity contribution in [3.63, 3.8) is 0 Å². The Morgan fingerprint density at radius 1 is 1.47 bits per heavy atom. The lowest BCUT2D eigenvalue weighted by molar-refractivity contribution is 0.103. The zero-order valence-corrected chi connectivity index (χ0v) is 11.2. The Morgan fingerprint density at radius 2 is 2.24 bits per heavy atom. The first-order chi connectivity index (χ1) is 8.17. The van der Waals surface area contributed by atoms with E-state index in [1.807, 2.05) is 13.0 Å². The van der Waals surface area contributed by atoms with Crippen molar-refractivity contribution in [2.75, 3.05) is 7.11 Å². The zero-order chi connectivity index (χ0) is 12.4. The van der Waals surface area contributed by atoms with Crippen LogP contribution in [0.2, 0.25) is 0 Å². The topological polar surface area (TPSA) is 27.1 Å². The zero-order valence-electron chi connectivity index (χ0n) is 10.4. The van der Waals surface area contributed by atoms with Gasteiger partial charge in [0.2, 0.25) is 0 Å². The number of halogens is 1. The third-order valence-electron chi connectivity index (χ3n) is 3.02. The highest BCUT2D eigenvalue weighted by molar-refractivity contribution is 6.16. The Bertz CT molecular complexity index is 521. The van der Waals surface area contributed by atoms with Gasteiger partial charge in [-0.1, -0.05) is 12.1 Å². The van der Waals surface area contributed by atoms with Crippen LogP contribution in [0.1, 0.15) is 18.3 Å². The van der Waals surface area contributed by atoms with Gasteiger partial charge in [0.1, 0.15) is 5.82 Å². The minimum Gasteiger partial charge on any atom is -0.380 e. The number of hydrogen-bond donors (Lipinski definition) is 0. The van der Waals surface area contributed by atoms with Crippen LogP contribution >= 0.6 is 11.6 Å². The molecule has 2 rings (SSSR count). The molecule has 0 fully saturated rings. The van der Waals surface area contributed by atoms with Crippen molar-refractivity contribution in [3.8, 4) is 0 Å². The molecule has 1 heterocycles. The quantitative estimate of drug-likeness (QED) is 0.782. The van der Waals surface area contributed by atoms with Gasteiger partial charge >= 0.3 is 0 Å². The number of alkyl halides is 1. The number of ether oxygens (including phenoxy) is 1. The summed E-state index contributed by atoms with van der Waals surface area (Å²) in [5.41, 5.74) is 3.34. The molecule has 0 aliphatic heterocycles. The van der Waals surface area contributed by atoms with Gasteiger partial charge in [0.15, 0.2) is 0 Å². The van der Waals surface area contributed by atoms with Crippen LogP contribution in [0, 0.1) is 6.92 Å². The summed E-state index contributed by atoms with van der Waals surface area (Å²) in [5.74, 6) is 1.32. The van der Waals surface area contributed by atoms with E-state index >= 15 is 0 Å². The van der Waals surface area contributed by atoms with Crippen LogP contribution in [-0.2, 0) is 17.2 Å². The normalized spacial score (nSPS) is 13.2. The van der Waals surface area contributed by atoms with E-state index in [1.54, 1.807) is 7.11 Å². The van der Waals surface area contributed by atoms with Crippen LogP contribution in [0.4, 0.5) is 0 Å². The van der Waals surface area contributed by atoms with Gasteiger partial charge in [0.25, 0.3) is 0 Å². The average Bonchev–Trinajstić information content (AvgIpc) is 2.69. The fourth-order valence-electron chi connectivity index (χ4n) is 1.97. The smallest absolute Gasteiger partial charge is 0.124 e. The lowest BCUT2D eigenvalue weighted by Gasteiger charge is -2.13. The standard InChI is InChI=1S/C13H17ClN2O/c1-9-5-4-6-11-13(9)15-12(7-14)16(11)8-10(2)17-3/h4-6,10H,7-8H2,1-3H3. The third-order valence-corrected chi connectivity index (χ3v) is 3.26. The van der Waals surface area contributed by atoms with Crippen LogP contribution in [-0.4, -0.2) is 22.8 Å². The summed E-state index contributed by atoms with van der Waals surface area (Å²) in [4.78, 5) is 4.59. The molecule has 1 aromatic heterocycles. The lowest BCUT2D eigenvalue weighted by atomic mass is 10.2. The second-order valence-corrected chi connectivity index (χ2v) is 4.53. The number of aromatic nitrogens is 2. The molecule has 0 bridgehead atoms. The monoisotopic (exact) mass is 252 g/mol. The van der Waals surface area contributed by atoms with Crippen molar-refractivity contribution in [3.05, 3.63) is 29.6 Å². The number of imidazole rings is 1. The molecule has 0 saturated carbocycles. The Hall–Kier alpha value is -1.06. The molecule has 1 unspecified atom stereocenters. The van der Waals surface area contributed by atoms with Gasteiger partial charge in [0, 0.05) is 7.11 Å². The number of para-hydroxylation sites is 1. The van der Waals surface area contributed by atoms with E-state index in [-0.39, 0.29) is 6.10 Å². The fraction of sp³-hybridized carbons (Fsp3) is 0.462. The first kappa shape index (κ1) is 12.4. The van der Waals surface area contributed by atoms with E-state index in [2.05, 4.69) is 28.6 Å². The van der Waals surface area contributed by atoms with E-state index in [4.69, 9.17) is 16.3 Å². The average molecular weight is 253 g/mol. The summed E-state index contributed by atoms with van der Waals surface area (Å²) >= 11 is 5.96. The van der Waals surface area contributed by atoms with Crippen LogP contribution in [0.25, 0.3) is 11.0 Å². The lowest BCUT2D eigenvalue weighted by Crippen LogP contribution is -2.16. The fourth-order valence-corrected chi connectivity index (χ4v) is 2.18. The van der Waals surface area contributed by atoms with Crippen LogP contribution in [0.15, 0.2) is 18.2 Å². The van der Waals surface area contributed by atoms with E-state index < -0.39 is 0 Å². The molecular formula is C13H17ClN2O. The Labute approximate surface area is 106 Å². The van der Waals surface area contributed by atoms with Gasteiger partial charge < -0.3 is 9.30 Å². The van der Waals surface area contributed by atoms with Crippen LogP contribution in [0.3, 0.4) is 0 Å². The second kappa shape index (κ2) is 5.07.